The van der Waals surface area contributed by atoms with E-state index < -0.39 is 0 Å². The molecule has 109 heavy (non-hydrogen) atoms. The van der Waals surface area contributed by atoms with Crippen molar-refractivity contribution in [2.45, 2.75) is 65.0 Å². The third kappa shape index (κ3) is 24.9. The summed E-state index contributed by atoms with van der Waals surface area (Å²) in [6.07, 6.45) is 6.67. The van der Waals surface area contributed by atoms with Gasteiger partial charge < -0.3 is 53.3 Å². The number of rotatable bonds is 33. The average Bonchev–Trinajstić information content (AvgIpc) is 1.65. The van der Waals surface area contributed by atoms with Crippen molar-refractivity contribution in [2.75, 3.05) is 143 Å². The fraction of sp³-hybridized carbons (Fsp3) is 0.360. The number of aromatic nitrogens is 10. The second-order valence-corrected chi connectivity index (χ2v) is 27.7. The van der Waals surface area contributed by atoms with Crippen LogP contribution in [0.3, 0.4) is 0 Å². The second-order valence-electron chi connectivity index (χ2n) is 27.7. The maximum Gasteiger partial charge on any atom is 0.278 e. The van der Waals surface area contributed by atoms with Gasteiger partial charge in [0.05, 0.1) is 99.8 Å². The minimum atomic E-state index is -0.157. The minimum absolute atomic E-state index is 0.112. The smallest absolute Gasteiger partial charge is 0.278 e. The Morgan fingerprint density at radius 1 is 0.339 bits per heavy atom. The molecule has 13 rings (SSSR count). The molecule has 1 N–H and O–H groups in total. The Hall–Kier alpha value is -10.8. The summed E-state index contributed by atoms with van der Waals surface area (Å²) in [5.74, 6) is 2.91. The maximum absolute atomic E-state index is 12.7. The molecule has 5 heterocycles. The van der Waals surface area contributed by atoms with Gasteiger partial charge in [-0.25, -0.2) is 4.68 Å². The Morgan fingerprint density at radius 3 is 1.12 bits per heavy atom. The van der Waals surface area contributed by atoms with Crippen LogP contribution in [0.5, 0.6) is 29.4 Å². The summed E-state index contributed by atoms with van der Waals surface area (Å²) < 4.78 is 37.9. The molecule has 23 heteroatoms. The zero-order chi connectivity index (χ0) is 77.3. The SMILES string of the molecule is CC(=O)n1nc(OCCCN(C)C)c2ccccc21.CN(C)CCCCOc1nn(Cc2ccccc2)c2ccccc12.CN(C)CCCOc1nn(-c2ccccc2)c2ccccc12.CN(C)CCCOc1nn(C(=O)c2ccccc2)c2ccccc12.CN(C)CCCOc1nn(CCCO)c2ccccc12. The van der Waals surface area contributed by atoms with Crippen LogP contribution in [-0.2, 0) is 13.1 Å². The first-order valence-electron chi connectivity index (χ1n) is 37.5. The number of para-hydroxylation sites is 6. The van der Waals surface area contributed by atoms with Crippen molar-refractivity contribution in [3.05, 3.63) is 223 Å². The third-order valence-corrected chi connectivity index (χ3v) is 17.3. The zero-order valence-corrected chi connectivity index (χ0v) is 65.4. The minimum Gasteiger partial charge on any atom is -0.476 e. The number of hydrogen-bond acceptors (Lipinski definition) is 18. The van der Waals surface area contributed by atoms with Crippen molar-refractivity contribution in [3.63, 3.8) is 0 Å². The van der Waals surface area contributed by atoms with E-state index in [4.69, 9.17) is 33.9 Å². The number of ether oxygens (including phenoxy) is 5. The number of hydrogen-bond donors (Lipinski definition) is 1. The monoisotopic (exact) mass is 1480 g/mol. The van der Waals surface area contributed by atoms with Crippen molar-refractivity contribution in [3.8, 4) is 35.1 Å². The van der Waals surface area contributed by atoms with Crippen LogP contribution in [0.2, 0.25) is 0 Å². The largest absolute Gasteiger partial charge is 0.476 e. The number of fused-ring (bicyclic) bond motifs is 5. The third-order valence-electron chi connectivity index (χ3n) is 17.3. The Kier molecular flexibility index (Phi) is 32.7. The average molecular weight is 1480 g/mol. The fourth-order valence-electron chi connectivity index (χ4n) is 11.9. The molecule has 0 aliphatic heterocycles. The fourth-order valence-corrected chi connectivity index (χ4v) is 11.9. The van der Waals surface area contributed by atoms with Crippen LogP contribution in [0.1, 0.15) is 72.6 Å². The molecule has 13 aromatic rings. The van der Waals surface area contributed by atoms with E-state index in [9.17, 15) is 9.59 Å². The normalized spacial score (nSPS) is 11.2. The van der Waals surface area contributed by atoms with Crippen LogP contribution in [0, 0.1) is 0 Å². The molecule has 0 fully saturated rings. The maximum atomic E-state index is 12.7. The first-order chi connectivity index (χ1) is 53.0. The number of benzene rings is 8. The molecule has 0 amide bonds. The van der Waals surface area contributed by atoms with E-state index in [2.05, 4.69) is 148 Å². The molecular weight excluding hydrogens is 1370 g/mol. The first-order valence-corrected chi connectivity index (χ1v) is 37.5. The lowest BCUT2D eigenvalue weighted by Crippen LogP contribution is -2.16. The highest BCUT2D eigenvalue weighted by Gasteiger charge is 2.20. The lowest BCUT2D eigenvalue weighted by Gasteiger charge is -2.09. The molecule has 0 saturated heterocycles. The van der Waals surface area contributed by atoms with Crippen molar-refractivity contribution >= 4 is 66.3 Å². The second kappa shape index (κ2) is 43.3. The Balaban J connectivity index is 0.000000157. The molecule has 0 radical (unpaired) electrons. The standard InChI is InChI=1S/C20H25N3O.C19H21N3O2.C18H21N3O.C15H23N3O2.C14H19N3O2/c1-22(2)14-8-9-15-24-20-18-12-6-7-13-19(18)23(21-20)16-17-10-4-3-5-11-17;1-21(2)13-8-14-24-18-16-11-6-7-12-17(16)22(20-18)19(23)15-9-4-3-5-10-15;1-20(2)13-8-14-22-18-16-11-6-7-12-17(16)21(19-18)15-9-4-3-5-10-15;1-17(2)9-6-12-20-15-13-7-3-4-8-14(13)18(16-15)10-5-11-19;1-11(18)17-13-8-5-4-7-12(13)14(15-17)19-10-6-9-16(2)3/h3-7,10-13H,8-9,14-16H2,1-2H3;3-7,9-12H,8,13-14H2,1-2H3;3-7,9-12H,8,13-14H2,1-2H3;3-4,7-8,19H,5-6,9-12H2,1-2H3;4-5,7-8H,6,9-10H2,1-3H3. The van der Waals surface area contributed by atoms with E-state index in [1.165, 1.54) is 21.9 Å². The molecule has 0 atom stereocenters. The summed E-state index contributed by atoms with van der Waals surface area (Å²) in [4.78, 5) is 35.0. The molecule has 576 valence electrons. The predicted octanol–water partition coefficient (Wildman–Crippen LogP) is 14.0. The number of unbranched alkanes of at least 4 members (excludes halogenated alkanes) is 1. The van der Waals surface area contributed by atoms with E-state index >= 15 is 0 Å². The quantitative estimate of drug-likeness (QED) is 0.0380. The lowest BCUT2D eigenvalue weighted by molar-refractivity contribution is 0.0921. The Labute approximate surface area is 641 Å². The van der Waals surface area contributed by atoms with Gasteiger partial charge in [-0.3, -0.25) is 19.0 Å². The first kappa shape index (κ1) is 82.3. The van der Waals surface area contributed by atoms with Gasteiger partial charge in [-0.15, -0.1) is 25.5 Å². The van der Waals surface area contributed by atoms with E-state index in [1.54, 1.807) is 12.1 Å². The lowest BCUT2D eigenvalue weighted by atomic mass is 10.2. The van der Waals surface area contributed by atoms with Crippen LogP contribution < -0.4 is 23.7 Å². The van der Waals surface area contributed by atoms with Crippen molar-refractivity contribution in [1.29, 1.82) is 0 Å². The van der Waals surface area contributed by atoms with Gasteiger partial charge in [0.25, 0.3) is 5.91 Å². The molecule has 5 aromatic heterocycles. The van der Waals surface area contributed by atoms with Gasteiger partial charge in [0.1, 0.15) is 0 Å². The molecule has 0 bridgehead atoms. The van der Waals surface area contributed by atoms with Gasteiger partial charge in [0, 0.05) is 51.8 Å². The molecule has 0 spiro atoms. The van der Waals surface area contributed by atoms with Gasteiger partial charge in [-0.2, -0.15) is 9.36 Å². The van der Waals surface area contributed by atoms with Crippen LogP contribution in [-0.4, -0.2) is 233 Å². The van der Waals surface area contributed by atoms with Gasteiger partial charge >= 0.3 is 0 Å². The Morgan fingerprint density at radius 2 is 0.670 bits per heavy atom. The van der Waals surface area contributed by atoms with Gasteiger partial charge in [0.2, 0.25) is 35.3 Å². The molecule has 0 aliphatic carbocycles. The van der Waals surface area contributed by atoms with Gasteiger partial charge in [0.15, 0.2) is 0 Å². The summed E-state index contributed by atoms with van der Waals surface area (Å²) in [6.45, 7) is 11.4. The molecule has 0 aliphatic rings. The number of carbonyl (C=O) groups is 2. The number of nitrogens with zero attached hydrogens (tertiary/aromatic N) is 15. The van der Waals surface area contributed by atoms with Crippen molar-refractivity contribution in [1.82, 2.24) is 73.4 Å². The number of aryl methyl sites for hydroxylation is 1. The van der Waals surface area contributed by atoms with Crippen LogP contribution in [0.15, 0.2) is 212 Å². The molecule has 8 aromatic carbocycles. The highest BCUT2D eigenvalue weighted by atomic mass is 16.5. The van der Waals surface area contributed by atoms with E-state index in [0.717, 1.165) is 144 Å². The van der Waals surface area contributed by atoms with Crippen molar-refractivity contribution in [2.24, 2.45) is 0 Å². The van der Waals surface area contributed by atoms with Gasteiger partial charge in [-0.1, -0.05) is 127 Å². The summed E-state index contributed by atoms with van der Waals surface area (Å²) >= 11 is 0. The Bertz CT molecular complexity index is 4840. The highest BCUT2D eigenvalue weighted by molar-refractivity contribution is 6.02. The highest BCUT2D eigenvalue weighted by Crippen LogP contribution is 2.31. The topological polar surface area (TPSA) is 206 Å². The summed E-state index contributed by atoms with van der Waals surface area (Å²) in [5, 5.41) is 36.4. The van der Waals surface area contributed by atoms with Crippen LogP contribution in [0.25, 0.3) is 60.2 Å². The summed E-state index contributed by atoms with van der Waals surface area (Å²) in [5.41, 5.74) is 7.67. The van der Waals surface area contributed by atoms with Crippen LogP contribution in [0.4, 0.5) is 0 Å². The van der Waals surface area contributed by atoms with E-state index in [-0.39, 0.29) is 18.4 Å². The molecule has 0 unspecified atom stereocenters. The van der Waals surface area contributed by atoms with E-state index in [0.29, 0.717) is 75.1 Å². The number of aliphatic hydroxyl groups is 1. The van der Waals surface area contributed by atoms with Gasteiger partial charge in [-0.05, 0) is 212 Å². The molecule has 23 nitrogen and oxygen atoms in total. The summed E-state index contributed by atoms with van der Waals surface area (Å²) in [7, 11) is 20.6. The molecule has 0 saturated carbocycles. The number of aliphatic hydroxyl groups excluding tert-OH is 1. The van der Waals surface area contributed by atoms with Crippen molar-refractivity contribution < 1.29 is 38.4 Å². The zero-order valence-electron chi connectivity index (χ0n) is 65.4. The summed E-state index contributed by atoms with van der Waals surface area (Å²) in [6, 6.07) is 69.4. The molecular formula is C86H109N15O8. The number of carbonyl (C=O) groups excluding carboxylic acids is 2. The predicted molar refractivity (Wildman–Crippen MR) is 438 cm³/mol. The van der Waals surface area contributed by atoms with E-state index in [1.807, 2.05) is 182 Å². The van der Waals surface area contributed by atoms with Crippen LogP contribution >= 0.6 is 0 Å².